The second-order valence-electron chi connectivity index (χ2n) is 4.15. The molecule has 0 fully saturated rings. The number of aromatic nitrogens is 1. The number of pyridine rings is 1. The highest BCUT2D eigenvalue weighted by atomic mass is 16.5. The zero-order valence-corrected chi connectivity index (χ0v) is 10.3. The van der Waals surface area contributed by atoms with Crippen LogP contribution < -0.4 is 5.32 Å². The number of nitrogens with zero attached hydrogens (tertiary/aromatic N) is 1. The van der Waals surface area contributed by atoms with Gasteiger partial charge >= 0.3 is 5.97 Å². The smallest absolute Gasteiger partial charge is 0.338 e. The van der Waals surface area contributed by atoms with Gasteiger partial charge in [-0.25, -0.2) is 4.79 Å². The Hall–Kier alpha value is -1.46. The number of aliphatic hydroxyl groups is 1. The van der Waals surface area contributed by atoms with Crippen LogP contribution in [0.4, 0.5) is 0 Å². The molecule has 1 heterocycles. The minimum Gasteiger partial charge on any atom is -0.467 e. The summed E-state index contributed by atoms with van der Waals surface area (Å²) in [6, 6.07) is 3.77. The van der Waals surface area contributed by atoms with Crippen molar-refractivity contribution >= 4 is 5.97 Å². The van der Waals surface area contributed by atoms with Crippen LogP contribution in [0, 0.1) is 0 Å². The van der Waals surface area contributed by atoms with Crippen LogP contribution in [0.25, 0.3) is 0 Å². The van der Waals surface area contributed by atoms with Gasteiger partial charge in [-0.05, 0) is 25.5 Å². The molecule has 1 unspecified atom stereocenters. The monoisotopic (exact) mass is 238 g/mol. The molecule has 0 amide bonds. The van der Waals surface area contributed by atoms with Crippen molar-refractivity contribution in [2.75, 3.05) is 13.7 Å². The van der Waals surface area contributed by atoms with Crippen molar-refractivity contribution in [1.82, 2.24) is 10.3 Å². The lowest BCUT2D eigenvalue weighted by Gasteiger charge is -2.23. The molecule has 2 N–H and O–H groups in total. The van der Waals surface area contributed by atoms with Crippen LogP contribution in [0.1, 0.15) is 25.5 Å². The fourth-order valence-electron chi connectivity index (χ4n) is 1.39. The number of hydrogen-bond donors (Lipinski definition) is 2. The third-order valence-electron chi connectivity index (χ3n) is 2.56. The molecule has 0 aromatic carbocycles. The molecule has 5 nitrogen and oxygen atoms in total. The molecule has 1 aromatic rings. The first kappa shape index (κ1) is 13.6. The van der Waals surface area contributed by atoms with E-state index in [9.17, 15) is 9.90 Å². The van der Waals surface area contributed by atoms with E-state index in [4.69, 9.17) is 0 Å². The molecule has 5 heteroatoms. The standard InChI is InChI=1S/C12H18N2O3/c1-9(10-5-4-6-13-7-10)14-8-12(2,16)11(15)17-3/h4-7,9,14,16H,8H2,1-3H3/t9-,12?/m0/s1. The van der Waals surface area contributed by atoms with Gasteiger partial charge in [-0.3, -0.25) is 4.98 Å². The Balaban J connectivity index is 2.54. The second-order valence-corrected chi connectivity index (χ2v) is 4.15. The van der Waals surface area contributed by atoms with Gasteiger partial charge in [0.05, 0.1) is 7.11 Å². The van der Waals surface area contributed by atoms with Gasteiger partial charge in [0.25, 0.3) is 0 Å². The zero-order chi connectivity index (χ0) is 12.9. The number of carbonyl (C=O) groups is 1. The Morgan fingerprint density at radius 2 is 2.41 bits per heavy atom. The molecule has 0 radical (unpaired) electrons. The quantitative estimate of drug-likeness (QED) is 0.737. The minimum absolute atomic E-state index is 0.000156. The molecule has 1 rings (SSSR count). The predicted molar refractivity (Wildman–Crippen MR) is 63.3 cm³/mol. The van der Waals surface area contributed by atoms with Crippen molar-refractivity contribution in [2.24, 2.45) is 0 Å². The lowest BCUT2D eigenvalue weighted by Crippen LogP contribution is -2.46. The fourth-order valence-corrected chi connectivity index (χ4v) is 1.39. The van der Waals surface area contributed by atoms with E-state index >= 15 is 0 Å². The number of methoxy groups -OCH3 is 1. The molecule has 0 spiro atoms. The summed E-state index contributed by atoms with van der Waals surface area (Å²) >= 11 is 0. The molecule has 0 aliphatic heterocycles. The van der Waals surface area contributed by atoms with E-state index in [2.05, 4.69) is 15.0 Å². The molecule has 0 saturated heterocycles. The van der Waals surface area contributed by atoms with Gasteiger partial charge in [-0.1, -0.05) is 6.07 Å². The highest BCUT2D eigenvalue weighted by Gasteiger charge is 2.31. The number of carbonyl (C=O) groups excluding carboxylic acids is 1. The van der Waals surface area contributed by atoms with Crippen molar-refractivity contribution in [2.45, 2.75) is 25.5 Å². The summed E-state index contributed by atoms with van der Waals surface area (Å²) in [5.41, 5.74) is -0.529. The largest absolute Gasteiger partial charge is 0.467 e. The molecular formula is C12H18N2O3. The third-order valence-corrected chi connectivity index (χ3v) is 2.56. The van der Waals surface area contributed by atoms with E-state index in [1.165, 1.54) is 14.0 Å². The van der Waals surface area contributed by atoms with Gasteiger partial charge in [0.1, 0.15) is 0 Å². The van der Waals surface area contributed by atoms with Crippen LogP contribution in [0.5, 0.6) is 0 Å². The van der Waals surface area contributed by atoms with Crippen LogP contribution in [-0.4, -0.2) is 35.3 Å². The molecule has 17 heavy (non-hydrogen) atoms. The van der Waals surface area contributed by atoms with Crippen molar-refractivity contribution in [1.29, 1.82) is 0 Å². The Labute approximate surface area is 101 Å². The molecule has 0 bridgehead atoms. The first-order chi connectivity index (χ1) is 7.97. The minimum atomic E-state index is -1.52. The maximum Gasteiger partial charge on any atom is 0.338 e. The Morgan fingerprint density at radius 3 is 2.94 bits per heavy atom. The molecule has 0 aliphatic rings. The summed E-state index contributed by atoms with van der Waals surface area (Å²) in [6.07, 6.45) is 3.44. The van der Waals surface area contributed by atoms with Crippen molar-refractivity contribution in [3.05, 3.63) is 30.1 Å². The average molecular weight is 238 g/mol. The number of nitrogens with one attached hydrogen (secondary N) is 1. The molecule has 2 atom stereocenters. The van der Waals surface area contributed by atoms with Gasteiger partial charge in [0, 0.05) is 25.0 Å². The fraction of sp³-hybridized carbons (Fsp3) is 0.500. The number of ether oxygens (including phenoxy) is 1. The molecule has 1 aromatic heterocycles. The van der Waals surface area contributed by atoms with E-state index < -0.39 is 11.6 Å². The van der Waals surface area contributed by atoms with Gasteiger partial charge < -0.3 is 15.2 Å². The van der Waals surface area contributed by atoms with Gasteiger partial charge in [0.2, 0.25) is 0 Å². The van der Waals surface area contributed by atoms with E-state index in [1.807, 2.05) is 19.1 Å². The van der Waals surface area contributed by atoms with Crippen LogP contribution >= 0.6 is 0 Å². The van der Waals surface area contributed by atoms with E-state index in [1.54, 1.807) is 12.4 Å². The highest BCUT2D eigenvalue weighted by molar-refractivity contribution is 5.78. The molecule has 94 valence electrons. The maximum absolute atomic E-state index is 11.3. The lowest BCUT2D eigenvalue weighted by molar-refractivity contribution is -0.160. The van der Waals surface area contributed by atoms with E-state index in [0.717, 1.165) is 5.56 Å². The topological polar surface area (TPSA) is 71.5 Å². The Morgan fingerprint density at radius 1 is 1.71 bits per heavy atom. The number of hydrogen-bond acceptors (Lipinski definition) is 5. The second kappa shape index (κ2) is 5.75. The van der Waals surface area contributed by atoms with Crippen LogP contribution in [-0.2, 0) is 9.53 Å². The Kier molecular flexibility index (Phi) is 4.60. The molecule has 0 aliphatic carbocycles. The van der Waals surface area contributed by atoms with Crippen molar-refractivity contribution in [3.8, 4) is 0 Å². The SMILES string of the molecule is COC(=O)C(C)(O)CN[C@@H](C)c1cccnc1. The highest BCUT2D eigenvalue weighted by Crippen LogP contribution is 2.12. The normalized spacial score (nSPS) is 16.0. The van der Waals surface area contributed by atoms with Gasteiger partial charge in [-0.2, -0.15) is 0 Å². The predicted octanol–water partition coefficient (Wildman–Crippen LogP) is 0.656. The summed E-state index contributed by atoms with van der Waals surface area (Å²) in [5.74, 6) is -0.650. The van der Waals surface area contributed by atoms with Gasteiger partial charge in [0.15, 0.2) is 5.60 Å². The number of esters is 1. The van der Waals surface area contributed by atoms with Crippen LogP contribution in [0.2, 0.25) is 0 Å². The van der Waals surface area contributed by atoms with Crippen LogP contribution in [0.15, 0.2) is 24.5 Å². The first-order valence-corrected chi connectivity index (χ1v) is 5.41. The maximum atomic E-state index is 11.3. The Bertz CT molecular complexity index is 365. The molecular weight excluding hydrogens is 220 g/mol. The summed E-state index contributed by atoms with van der Waals surface area (Å²) in [7, 11) is 1.25. The van der Waals surface area contributed by atoms with Crippen molar-refractivity contribution < 1.29 is 14.6 Å². The number of rotatable bonds is 5. The summed E-state index contributed by atoms with van der Waals surface area (Å²) in [6.45, 7) is 3.47. The van der Waals surface area contributed by atoms with Gasteiger partial charge in [-0.15, -0.1) is 0 Å². The first-order valence-electron chi connectivity index (χ1n) is 5.41. The zero-order valence-electron chi connectivity index (χ0n) is 10.3. The summed E-state index contributed by atoms with van der Waals surface area (Å²) in [5, 5.41) is 12.9. The van der Waals surface area contributed by atoms with Crippen molar-refractivity contribution in [3.63, 3.8) is 0 Å². The summed E-state index contributed by atoms with van der Waals surface area (Å²) < 4.78 is 4.51. The third kappa shape index (κ3) is 3.80. The van der Waals surface area contributed by atoms with Crippen LogP contribution in [0.3, 0.4) is 0 Å². The summed E-state index contributed by atoms with van der Waals surface area (Å²) in [4.78, 5) is 15.3. The van der Waals surface area contributed by atoms with E-state index in [0.29, 0.717) is 0 Å². The molecule has 0 saturated carbocycles. The van der Waals surface area contributed by atoms with E-state index in [-0.39, 0.29) is 12.6 Å². The average Bonchev–Trinajstić information content (AvgIpc) is 2.36. The lowest BCUT2D eigenvalue weighted by atomic mass is 10.1.